The summed E-state index contributed by atoms with van der Waals surface area (Å²) in [4.78, 5) is 28.1. The molecule has 0 saturated heterocycles. The second-order valence-corrected chi connectivity index (χ2v) is 9.38. The minimum atomic E-state index is 0.228. The highest BCUT2D eigenvalue weighted by molar-refractivity contribution is 6.19. The summed E-state index contributed by atoms with van der Waals surface area (Å²) in [7, 11) is 0. The Morgan fingerprint density at radius 3 is 2.41 bits per heavy atom. The van der Waals surface area contributed by atoms with E-state index in [9.17, 15) is 9.59 Å². The topological polar surface area (TPSA) is 42.3 Å². The van der Waals surface area contributed by atoms with Crippen molar-refractivity contribution in [2.75, 3.05) is 19.6 Å². The molecule has 4 heteroatoms. The molecular formula is C28H32N2O2. The Labute approximate surface area is 189 Å². The van der Waals surface area contributed by atoms with Crippen molar-refractivity contribution in [3.63, 3.8) is 0 Å². The number of hydrogen-bond acceptors (Lipinski definition) is 3. The molecule has 2 aliphatic rings. The number of fused-ring (bicyclic) bond motifs is 7. The first-order valence-electron chi connectivity index (χ1n) is 12.1. The number of benzene rings is 2. The van der Waals surface area contributed by atoms with E-state index in [4.69, 9.17) is 0 Å². The first-order chi connectivity index (χ1) is 15.5. The third kappa shape index (κ3) is 3.32. The van der Waals surface area contributed by atoms with Gasteiger partial charge >= 0.3 is 0 Å². The molecule has 5 rings (SSSR count). The number of hydrogen-bond donors (Lipinski definition) is 0. The molecule has 0 aliphatic heterocycles. The molecule has 1 aromatic heterocycles. The number of aromatic nitrogens is 1. The summed E-state index contributed by atoms with van der Waals surface area (Å²) in [5.41, 5.74) is 6.26. The number of carbonyl (C=O) groups is 2. The molecule has 4 nitrogen and oxygen atoms in total. The highest BCUT2D eigenvalue weighted by atomic mass is 16.1. The van der Waals surface area contributed by atoms with Gasteiger partial charge in [0.05, 0.1) is 0 Å². The minimum absolute atomic E-state index is 0.228. The van der Waals surface area contributed by atoms with Gasteiger partial charge in [-0.2, -0.15) is 0 Å². The fourth-order valence-corrected chi connectivity index (χ4v) is 5.63. The van der Waals surface area contributed by atoms with Crippen molar-refractivity contribution >= 4 is 39.4 Å². The van der Waals surface area contributed by atoms with Crippen LogP contribution in [0.25, 0.3) is 27.9 Å². The van der Waals surface area contributed by atoms with Crippen LogP contribution < -0.4 is 0 Å². The number of aryl methyl sites for hydroxylation is 1. The molecule has 0 spiro atoms. The number of Topliss-reactive ketones (excluding diaryl/α,β-unsaturated/α-hetero) is 2. The molecule has 0 bridgehead atoms. The number of likely N-dealkylation sites (N-methyl/N-ethyl adjacent to an activating group) is 1. The molecule has 0 radical (unpaired) electrons. The fraction of sp³-hybridized carbons (Fsp3) is 0.429. The van der Waals surface area contributed by atoms with Gasteiger partial charge in [0.25, 0.3) is 0 Å². The zero-order valence-corrected chi connectivity index (χ0v) is 19.4. The minimum Gasteiger partial charge on any atom is -0.339 e. The Bertz CT molecular complexity index is 1260. The van der Waals surface area contributed by atoms with Gasteiger partial charge < -0.3 is 9.47 Å². The van der Waals surface area contributed by atoms with Crippen LogP contribution in [0.2, 0.25) is 0 Å². The number of rotatable bonds is 5. The van der Waals surface area contributed by atoms with Crippen molar-refractivity contribution in [3.05, 3.63) is 52.6 Å². The predicted octanol–water partition coefficient (Wildman–Crippen LogP) is 5.89. The van der Waals surface area contributed by atoms with E-state index in [1.807, 2.05) is 12.1 Å². The summed E-state index contributed by atoms with van der Waals surface area (Å²) in [6.45, 7) is 10.5. The van der Waals surface area contributed by atoms with Crippen LogP contribution in [0.3, 0.4) is 0 Å². The SMILES string of the molecule is CCN(CC)CCn1c2ccc3c(c2c2c4c(ccc21)C(=O)CC4)/C=C\CC(C)CC3=O. The smallest absolute Gasteiger partial charge is 0.163 e. The Balaban J connectivity index is 1.81. The lowest BCUT2D eigenvalue weighted by molar-refractivity contribution is 0.0962. The number of carbonyl (C=O) groups excluding carboxylic acids is 2. The van der Waals surface area contributed by atoms with Crippen LogP contribution in [0.4, 0.5) is 0 Å². The molecule has 32 heavy (non-hydrogen) atoms. The van der Waals surface area contributed by atoms with Crippen molar-refractivity contribution in [1.82, 2.24) is 9.47 Å². The normalized spacial score (nSPS) is 19.4. The van der Waals surface area contributed by atoms with Gasteiger partial charge in [0.1, 0.15) is 0 Å². The van der Waals surface area contributed by atoms with Crippen LogP contribution >= 0.6 is 0 Å². The lowest BCUT2D eigenvalue weighted by Gasteiger charge is -2.19. The van der Waals surface area contributed by atoms with Gasteiger partial charge in [0.15, 0.2) is 11.6 Å². The first kappa shape index (κ1) is 21.1. The summed E-state index contributed by atoms with van der Waals surface area (Å²) < 4.78 is 2.41. The second-order valence-electron chi connectivity index (χ2n) is 9.38. The Hall–Kier alpha value is -2.72. The maximum absolute atomic E-state index is 13.1. The molecule has 1 heterocycles. The van der Waals surface area contributed by atoms with Crippen LogP contribution in [0.1, 0.15) is 71.9 Å². The predicted molar refractivity (Wildman–Crippen MR) is 132 cm³/mol. The largest absolute Gasteiger partial charge is 0.339 e. The van der Waals surface area contributed by atoms with Crippen molar-refractivity contribution < 1.29 is 9.59 Å². The Kier molecular flexibility index (Phi) is 5.50. The van der Waals surface area contributed by atoms with Crippen LogP contribution in [-0.4, -0.2) is 40.7 Å². The number of nitrogens with zero attached hydrogens (tertiary/aromatic N) is 2. The van der Waals surface area contributed by atoms with Crippen LogP contribution in [0.5, 0.6) is 0 Å². The van der Waals surface area contributed by atoms with Gasteiger partial charge in [0.2, 0.25) is 0 Å². The molecule has 2 aromatic carbocycles. The van der Waals surface area contributed by atoms with E-state index in [0.29, 0.717) is 18.8 Å². The highest BCUT2D eigenvalue weighted by Gasteiger charge is 2.27. The van der Waals surface area contributed by atoms with Crippen molar-refractivity contribution in [2.24, 2.45) is 5.92 Å². The molecule has 1 atom stereocenters. The molecule has 2 aliphatic carbocycles. The third-order valence-corrected chi connectivity index (χ3v) is 7.44. The molecule has 0 fully saturated rings. The van der Waals surface area contributed by atoms with Gasteiger partial charge in [-0.3, -0.25) is 9.59 Å². The summed E-state index contributed by atoms with van der Waals surface area (Å²) in [5.74, 6) is 0.830. The summed E-state index contributed by atoms with van der Waals surface area (Å²) >= 11 is 0. The maximum atomic E-state index is 13.1. The van der Waals surface area contributed by atoms with Gasteiger partial charge in [0, 0.05) is 58.9 Å². The Morgan fingerprint density at radius 2 is 1.66 bits per heavy atom. The van der Waals surface area contributed by atoms with Crippen molar-refractivity contribution in [3.8, 4) is 0 Å². The van der Waals surface area contributed by atoms with Crippen LogP contribution in [0.15, 0.2) is 30.3 Å². The van der Waals surface area contributed by atoms with Gasteiger partial charge in [-0.15, -0.1) is 0 Å². The monoisotopic (exact) mass is 428 g/mol. The molecule has 0 amide bonds. The van der Waals surface area contributed by atoms with E-state index >= 15 is 0 Å². The van der Waals surface area contributed by atoms with Gasteiger partial charge in [-0.1, -0.05) is 32.9 Å². The Morgan fingerprint density at radius 1 is 0.938 bits per heavy atom. The standard InChI is InChI=1S/C28H32N2O2/c1-4-29(5-2)15-16-30-23-13-10-20-21(8-6-7-18(3)17-26(20)32)27(23)28-22-11-14-25(31)19(22)9-12-24(28)30/h6,8-10,12-13,18H,4-5,7,11,14-17H2,1-3H3/b8-6-. The van der Waals surface area contributed by atoms with E-state index < -0.39 is 0 Å². The lowest BCUT2D eigenvalue weighted by Crippen LogP contribution is -2.27. The zero-order valence-electron chi connectivity index (χ0n) is 19.4. The van der Waals surface area contributed by atoms with E-state index in [-0.39, 0.29) is 11.6 Å². The fourth-order valence-electron chi connectivity index (χ4n) is 5.63. The van der Waals surface area contributed by atoms with E-state index in [1.54, 1.807) is 0 Å². The molecule has 0 N–H and O–H groups in total. The average Bonchev–Trinajstić information content (AvgIpc) is 3.31. The van der Waals surface area contributed by atoms with Crippen molar-refractivity contribution in [2.45, 2.75) is 53.0 Å². The summed E-state index contributed by atoms with van der Waals surface area (Å²) in [5, 5.41) is 2.34. The van der Waals surface area contributed by atoms with E-state index in [1.165, 1.54) is 22.0 Å². The second kappa shape index (κ2) is 8.32. The highest BCUT2D eigenvalue weighted by Crippen LogP contribution is 2.41. The van der Waals surface area contributed by atoms with E-state index in [2.05, 4.69) is 54.5 Å². The van der Waals surface area contributed by atoms with Gasteiger partial charge in [-0.25, -0.2) is 0 Å². The van der Waals surface area contributed by atoms with Crippen molar-refractivity contribution in [1.29, 1.82) is 0 Å². The molecule has 1 unspecified atom stereocenters. The molecule has 3 aromatic rings. The van der Waals surface area contributed by atoms with Gasteiger partial charge in [-0.05, 0) is 67.2 Å². The lowest BCUT2D eigenvalue weighted by atomic mass is 9.88. The number of allylic oxidation sites excluding steroid dienone is 1. The molecular weight excluding hydrogens is 396 g/mol. The molecule has 0 saturated carbocycles. The van der Waals surface area contributed by atoms with E-state index in [0.717, 1.165) is 61.1 Å². The quantitative estimate of drug-likeness (QED) is 0.509. The average molecular weight is 429 g/mol. The summed E-state index contributed by atoms with van der Waals surface area (Å²) in [6, 6.07) is 8.31. The maximum Gasteiger partial charge on any atom is 0.163 e. The first-order valence-corrected chi connectivity index (χ1v) is 12.1. The van der Waals surface area contributed by atoms with Crippen LogP contribution in [0, 0.1) is 5.92 Å². The van der Waals surface area contributed by atoms with Crippen LogP contribution in [-0.2, 0) is 13.0 Å². The number of ketones is 2. The molecule has 166 valence electrons. The third-order valence-electron chi connectivity index (χ3n) is 7.44. The summed E-state index contributed by atoms with van der Waals surface area (Å²) in [6.07, 6.45) is 7.26. The zero-order chi connectivity index (χ0) is 22.4.